The van der Waals surface area contributed by atoms with Crippen LogP contribution in [0.2, 0.25) is 0 Å². The Hall–Kier alpha value is -3.56. The van der Waals surface area contributed by atoms with E-state index in [1.165, 1.54) is 23.1 Å². The summed E-state index contributed by atoms with van der Waals surface area (Å²) in [7, 11) is 0. The Labute approximate surface area is 166 Å². The summed E-state index contributed by atoms with van der Waals surface area (Å²) in [5, 5.41) is 12.4. The van der Waals surface area contributed by atoms with E-state index in [2.05, 4.69) is 25.2 Å². The van der Waals surface area contributed by atoms with Crippen LogP contribution in [0.4, 0.5) is 10.2 Å². The van der Waals surface area contributed by atoms with Crippen molar-refractivity contribution in [3.8, 4) is 11.6 Å². The lowest BCUT2D eigenvalue weighted by Gasteiger charge is -2.36. The molecule has 1 aromatic carbocycles. The zero-order valence-electron chi connectivity index (χ0n) is 15.8. The summed E-state index contributed by atoms with van der Waals surface area (Å²) in [6, 6.07) is 9.48. The van der Waals surface area contributed by atoms with Gasteiger partial charge in [0, 0.05) is 32.2 Å². The summed E-state index contributed by atoms with van der Waals surface area (Å²) in [5.74, 6) is 1.15. The standard InChI is InChI=1S/C19H20FN7O2/c1-14(29-16-4-2-3-15(20)11-16)19(28)26-9-7-25(8-10-26)17-5-6-18(24-23-17)27-13-21-12-22-27/h2-6,11-14H,7-10H2,1H3. The highest BCUT2D eigenvalue weighted by molar-refractivity contribution is 5.81. The molecule has 1 atom stereocenters. The lowest BCUT2D eigenvalue weighted by atomic mass is 10.2. The van der Waals surface area contributed by atoms with Crippen molar-refractivity contribution in [2.75, 3.05) is 31.1 Å². The molecule has 1 fully saturated rings. The second kappa shape index (κ2) is 8.21. The first-order chi connectivity index (χ1) is 14.1. The molecule has 0 radical (unpaired) electrons. The number of halogens is 1. The van der Waals surface area contributed by atoms with E-state index in [4.69, 9.17) is 4.74 Å². The van der Waals surface area contributed by atoms with Gasteiger partial charge in [0.2, 0.25) is 0 Å². The van der Waals surface area contributed by atoms with Gasteiger partial charge in [0.05, 0.1) is 0 Å². The van der Waals surface area contributed by atoms with E-state index in [9.17, 15) is 9.18 Å². The summed E-state index contributed by atoms with van der Waals surface area (Å²) in [5.41, 5.74) is 0. The molecule has 0 N–H and O–H groups in total. The summed E-state index contributed by atoms with van der Waals surface area (Å²) in [4.78, 5) is 20.4. The van der Waals surface area contributed by atoms with E-state index in [1.54, 1.807) is 30.3 Å². The quantitative estimate of drug-likeness (QED) is 0.641. The minimum absolute atomic E-state index is 0.124. The number of amides is 1. The first kappa shape index (κ1) is 18.8. The molecule has 10 heteroatoms. The fraction of sp³-hybridized carbons (Fsp3) is 0.316. The first-order valence-corrected chi connectivity index (χ1v) is 9.25. The van der Waals surface area contributed by atoms with Gasteiger partial charge in [-0.2, -0.15) is 5.10 Å². The molecule has 0 saturated carbocycles. The maximum atomic E-state index is 13.3. The number of hydrogen-bond donors (Lipinski definition) is 0. The number of ether oxygens (including phenoxy) is 1. The molecule has 1 aliphatic rings. The van der Waals surface area contributed by atoms with Gasteiger partial charge < -0.3 is 14.5 Å². The molecule has 4 rings (SSSR count). The summed E-state index contributed by atoms with van der Waals surface area (Å²) >= 11 is 0. The molecule has 9 nitrogen and oxygen atoms in total. The highest BCUT2D eigenvalue weighted by Crippen LogP contribution is 2.17. The van der Waals surface area contributed by atoms with Crippen LogP contribution in [-0.2, 0) is 4.79 Å². The Kier molecular flexibility index (Phi) is 5.32. The number of aromatic nitrogens is 5. The molecule has 0 spiro atoms. The predicted octanol–water partition coefficient (Wildman–Crippen LogP) is 1.31. The van der Waals surface area contributed by atoms with Crippen molar-refractivity contribution >= 4 is 11.7 Å². The van der Waals surface area contributed by atoms with Crippen LogP contribution in [0.3, 0.4) is 0 Å². The van der Waals surface area contributed by atoms with Crippen LogP contribution in [0.15, 0.2) is 49.1 Å². The number of carbonyl (C=O) groups excluding carboxylic acids is 1. The molecule has 150 valence electrons. The van der Waals surface area contributed by atoms with Gasteiger partial charge in [-0.15, -0.1) is 10.2 Å². The Balaban J connectivity index is 1.32. The highest BCUT2D eigenvalue weighted by atomic mass is 19.1. The van der Waals surface area contributed by atoms with Crippen LogP contribution < -0.4 is 9.64 Å². The third kappa shape index (κ3) is 4.31. The van der Waals surface area contributed by atoms with Crippen molar-refractivity contribution in [1.82, 2.24) is 29.9 Å². The van der Waals surface area contributed by atoms with E-state index < -0.39 is 11.9 Å². The molecule has 3 aromatic rings. The van der Waals surface area contributed by atoms with Gasteiger partial charge in [0.15, 0.2) is 17.7 Å². The lowest BCUT2D eigenvalue weighted by Crippen LogP contribution is -2.52. The fourth-order valence-electron chi connectivity index (χ4n) is 3.14. The maximum absolute atomic E-state index is 13.3. The van der Waals surface area contributed by atoms with Gasteiger partial charge >= 0.3 is 0 Å². The van der Waals surface area contributed by atoms with Crippen LogP contribution in [0.25, 0.3) is 5.82 Å². The van der Waals surface area contributed by atoms with E-state index >= 15 is 0 Å². The van der Waals surface area contributed by atoms with Gasteiger partial charge in [0.1, 0.15) is 24.2 Å². The molecule has 0 bridgehead atoms. The van der Waals surface area contributed by atoms with Gasteiger partial charge in [0.25, 0.3) is 5.91 Å². The third-order valence-corrected chi connectivity index (χ3v) is 4.66. The lowest BCUT2D eigenvalue weighted by molar-refractivity contribution is -0.138. The van der Waals surface area contributed by atoms with Crippen LogP contribution >= 0.6 is 0 Å². The first-order valence-electron chi connectivity index (χ1n) is 9.25. The smallest absolute Gasteiger partial charge is 0.263 e. The summed E-state index contributed by atoms with van der Waals surface area (Å²) in [6.45, 7) is 4.03. The van der Waals surface area contributed by atoms with Crippen molar-refractivity contribution in [3.05, 3.63) is 54.9 Å². The van der Waals surface area contributed by atoms with Gasteiger partial charge in [-0.1, -0.05) is 6.07 Å². The van der Waals surface area contributed by atoms with Crippen molar-refractivity contribution < 1.29 is 13.9 Å². The van der Waals surface area contributed by atoms with E-state index in [-0.39, 0.29) is 5.91 Å². The molecule has 1 amide bonds. The predicted molar refractivity (Wildman–Crippen MR) is 102 cm³/mol. The normalized spacial score (nSPS) is 15.2. The summed E-state index contributed by atoms with van der Waals surface area (Å²) in [6.07, 6.45) is 2.30. The number of carbonyl (C=O) groups is 1. The molecule has 3 heterocycles. The molecule has 2 aromatic heterocycles. The highest BCUT2D eigenvalue weighted by Gasteiger charge is 2.26. The fourth-order valence-corrected chi connectivity index (χ4v) is 3.14. The second-order valence-corrected chi connectivity index (χ2v) is 6.62. The number of piperazine rings is 1. The van der Waals surface area contributed by atoms with Crippen LogP contribution in [0.5, 0.6) is 5.75 Å². The number of hydrogen-bond acceptors (Lipinski definition) is 7. The number of benzene rings is 1. The van der Waals surface area contributed by atoms with Crippen molar-refractivity contribution in [3.63, 3.8) is 0 Å². The minimum atomic E-state index is -0.690. The van der Waals surface area contributed by atoms with Crippen LogP contribution in [0.1, 0.15) is 6.92 Å². The Morgan fingerprint density at radius 2 is 1.86 bits per heavy atom. The van der Waals surface area contributed by atoms with Gasteiger partial charge in [-0.3, -0.25) is 4.79 Å². The average molecular weight is 397 g/mol. The molecule has 1 unspecified atom stereocenters. The van der Waals surface area contributed by atoms with Crippen molar-refractivity contribution in [1.29, 1.82) is 0 Å². The van der Waals surface area contributed by atoms with E-state index in [1.807, 2.05) is 12.1 Å². The number of nitrogens with zero attached hydrogens (tertiary/aromatic N) is 7. The van der Waals surface area contributed by atoms with Crippen molar-refractivity contribution in [2.24, 2.45) is 0 Å². The van der Waals surface area contributed by atoms with Crippen LogP contribution in [0, 0.1) is 5.82 Å². The Bertz CT molecular complexity index is 957. The van der Waals surface area contributed by atoms with Crippen LogP contribution in [-0.4, -0.2) is 68.1 Å². The van der Waals surface area contributed by atoms with E-state index in [0.29, 0.717) is 37.7 Å². The van der Waals surface area contributed by atoms with Gasteiger partial charge in [-0.05, 0) is 31.2 Å². The molecular weight excluding hydrogens is 377 g/mol. The molecule has 1 saturated heterocycles. The van der Waals surface area contributed by atoms with E-state index in [0.717, 1.165) is 5.82 Å². The Morgan fingerprint density at radius 1 is 1.10 bits per heavy atom. The molecule has 1 aliphatic heterocycles. The zero-order chi connectivity index (χ0) is 20.2. The molecule has 29 heavy (non-hydrogen) atoms. The Morgan fingerprint density at radius 3 is 2.52 bits per heavy atom. The molecular formula is C19H20FN7O2. The largest absolute Gasteiger partial charge is 0.481 e. The number of rotatable bonds is 5. The summed E-state index contributed by atoms with van der Waals surface area (Å²) < 4.78 is 20.4. The number of anilines is 1. The monoisotopic (exact) mass is 397 g/mol. The average Bonchev–Trinajstić information content (AvgIpc) is 3.28. The van der Waals surface area contributed by atoms with Gasteiger partial charge in [-0.25, -0.2) is 14.1 Å². The van der Waals surface area contributed by atoms with Crippen molar-refractivity contribution in [2.45, 2.75) is 13.0 Å². The third-order valence-electron chi connectivity index (χ3n) is 4.66. The second-order valence-electron chi connectivity index (χ2n) is 6.62. The SMILES string of the molecule is CC(Oc1cccc(F)c1)C(=O)N1CCN(c2ccc(-n3cncn3)nn2)CC1. The zero-order valence-corrected chi connectivity index (χ0v) is 15.8. The topological polar surface area (TPSA) is 89.3 Å². The minimum Gasteiger partial charge on any atom is -0.481 e. The maximum Gasteiger partial charge on any atom is 0.263 e. The molecule has 0 aliphatic carbocycles.